The third-order valence-corrected chi connectivity index (χ3v) is 6.67. The van der Waals surface area contributed by atoms with E-state index >= 15 is 0 Å². The van der Waals surface area contributed by atoms with E-state index in [1.165, 1.54) is 16.5 Å². The first-order chi connectivity index (χ1) is 13.1. The zero-order chi connectivity index (χ0) is 18.8. The first-order valence-electron chi connectivity index (χ1n) is 9.20. The van der Waals surface area contributed by atoms with Gasteiger partial charge in [0.1, 0.15) is 5.01 Å². The maximum Gasteiger partial charge on any atom is 0.233 e. The van der Waals surface area contributed by atoms with Crippen molar-refractivity contribution in [2.45, 2.75) is 44.3 Å². The number of hydrogen-bond donors (Lipinski definition) is 0. The average Bonchev–Trinajstić information content (AvgIpc) is 3.09. The molecule has 0 saturated carbocycles. The minimum Gasteiger partial charge on any atom is -0.332 e. The molecular weight excluding hydrogens is 376 g/mol. The number of hydrogen-bond acceptors (Lipinski definition) is 6. The number of nitrogens with zero attached hydrogens (tertiary/aromatic N) is 4. The Balaban J connectivity index is 1.50. The number of rotatable bonds is 4. The Bertz CT molecular complexity index is 918. The van der Waals surface area contributed by atoms with Gasteiger partial charge in [-0.1, -0.05) is 23.9 Å². The number of fused-ring (bicyclic) bond motifs is 1. The van der Waals surface area contributed by atoms with Crippen LogP contribution >= 0.6 is 23.1 Å². The third kappa shape index (κ3) is 4.14. The Hall–Kier alpha value is -1.99. The van der Waals surface area contributed by atoms with Crippen molar-refractivity contribution in [2.24, 2.45) is 0 Å². The minimum atomic E-state index is 0.0874. The molecule has 2 aromatic heterocycles. The summed E-state index contributed by atoms with van der Waals surface area (Å²) in [5, 5.41) is 1.73. The fourth-order valence-electron chi connectivity index (χ4n) is 3.49. The summed E-state index contributed by atoms with van der Waals surface area (Å²) >= 11 is 3.13. The van der Waals surface area contributed by atoms with Crippen molar-refractivity contribution in [3.63, 3.8) is 0 Å². The van der Waals surface area contributed by atoms with Gasteiger partial charge >= 0.3 is 0 Å². The highest BCUT2D eigenvalue weighted by Gasteiger charge is 2.30. The molecule has 1 atom stereocenters. The summed E-state index contributed by atoms with van der Waals surface area (Å²) in [7, 11) is 0. The monoisotopic (exact) mass is 398 g/mol. The standard InChI is InChI=1S/C20H22N4OS2/c1-13-11-14(2)22-20(21-13)26-12-18(25)24-10-6-5-8-16(24)19-23-15-7-3-4-9-17(15)27-19/h3-4,7,9,11,16H,5-6,8,10,12H2,1-2H3. The predicted octanol–water partition coefficient (Wildman–Crippen LogP) is 4.55. The van der Waals surface area contributed by atoms with Gasteiger partial charge in [-0.15, -0.1) is 11.3 Å². The minimum absolute atomic E-state index is 0.0874. The molecule has 1 aliphatic heterocycles. The molecule has 7 heteroatoms. The van der Waals surface area contributed by atoms with Crippen molar-refractivity contribution in [1.29, 1.82) is 0 Å². The fourth-order valence-corrected chi connectivity index (χ4v) is 5.44. The number of benzene rings is 1. The van der Waals surface area contributed by atoms with E-state index < -0.39 is 0 Å². The molecule has 1 unspecified atom stereocenters. The molecule has 1 aliphatic rings. The summed E-state index contributed by atoms with van der Waals surface area (Å²) in [6.45, 7) is 4.70. The van der Waals surface area contributed by atoms with Gasteiger partial charge in [-0.25, -0.2) is 15.0 Å². The van der Waals surface area contributed by atoms with E-state index in [9.17, 15) is 4.79 Å². The molecule has 1 fully saturated rings. The molecule has 0 radical (unpaired) electrons. The highest BCUT2D eigenvalue weighted by Crippen LogP contribution is 2.36. The molecule has 0 aliphatic carbocycles. The van der Waals surface area contributed by atoms with Crippen LogP contribution < -0.4 is 0 Å². The second-order valence-electron chi connectivity index (χ2n) is 6.84. The third-order valence-electron chi connectivity index (χ3n) is 4.71. The van der Waals surface area contributed by atoms with Crippen molar-refractivity contribution in [1.82, 2.24) is 19.9 Å². The van der Waals surface area contributed by atoms with Crippen molar-refractivity contribution in [3.05, 3.63) is 46.7 Å². The lowest BCUT2D eigenvalue weighted by Gasteiger charge is -2.34. The van der Waals surface area contributed by atoms with Gasteiger partial charge in [0.05, 0.1) is 22.0 Å². The molecule has 3 heterocycles. The van der Waals surface area contributed by atoms with Gasteiger partial charge in [-0.2, -0.15) is 0 Å². The van der Waals surface area contributed by atoms with E-state index in [0.717, 1.165) is 47.7 Å². The van der Waals surface area contributed by atoms with Crippen molar-refractivity contribution >= 4 is 39.2 Å². The second-order valence-corrected chi connectivity index (χ2v) is 8.85. The van der Waals surface area contributed by atoms with Crippen LogP contribution in [-0.2, 0) is 4.79 Å². The number of carbonyl (C=O) groups is 1. The average molecular weight is 399 g/mol. The maximum atomic E-state index is 13.0. The van der Waals surface area contributed by atoms with Crippen molar-refractivity contribution in [3.8, 4) is 0 Å². The van der Waals surface area contributed by atoms with Crippen molar-refractivity contribution < 1.29 is 4.79 Å². The van der Waals surface area contributed by atoms with Gasteiger partial charge < -0.3 is 4.90 Å². The summed E-state index contributed by atoms with van der Waals surface area (Å²) in [4.78, 5) is 28.6. The van der Waals surface area contributed by atoms with Gasteiger partial charge in [-0.3, -0.25) is 4.79 Å². The largest absolute Gasteiger partial charge is 0.332 e. The molecule has 0 bridgehead atoms. The van der Waals surface area contributed by atoms with E-state index in [1.54, 1.807) is 11.3 Å². The van der Waals surface area contributed by atoms with Crippen LogP contribution in [0.4, 0.5) is 0 Å². The number of aryl methyl sites for hydroxylation is 2. The number of aromatic nitrogens is 3. The molecule has 140 valence electrons. The van der Waals surface area contributed by atoms with Crippen LogP contribution in [0.3, 0.4) is 0 Å². The van der Waals surface area contributed by atoms with Crippen LogP contribution in [-0.4, -0.2) is 38.1 Å². The molecule has 27 heavy (non-hydrogen) atoms. The molecule has 1 aromatic carbocycles. The quantitative estimate of drug-likeness (QED) is 0.477. The zero-order valence-electron chi connectivity index (χ0n) is 15.5. The summed E-state index contributed by atoms with van der Waals surface area (Å²) < 4.78 is 1.18. The van der Waals surface area contributed by atoms with E-state index in [-0.39, 0.29) is 11.9 Å². The predicted molar refractivity (Wildman–Crippen MR) is 110 cm³/mol. The molecular formula is C20H22N4OS2. The Kier molecular flexibility index (Phi) is 5.41. The number of thiazole rings is 1. The van der Waals surface area contributed by atoms with E-state index in [4.69, 9.17) is 4.98 Å². The number of amides is 1. The van der Waals surface area contributed by atoms with Gasteiger partial charge in [-0.05, 0) is 51.3 Å². The van der Waals surface area contributed by atoms with Crippen LogP contribution in [0.15, 0.2) is 35.5 Å². The van der Waals surface area contributed by atoms with Crippen LogP contribution in [0, 0.1) is 13.8 Å². The van der Waals surface area contributed by atoms with E-state index in [0.29, 0.717) is 10.9 Å². The topological polar surface area (TPSA) is 59.0 Å². The zero-order valence-corrected chi connectivity index (χ0v) is 17.1. The molecule has 3 aromatic rings. The Morgan fingerprint density at radius 2 is 1.96 bits per heavy atom. The molecule has 0 N–H and O–H groups in total. The maximum absolute atomic E-state index is 13.0. The number of carbonyl (C=O) groups excluding carboxylic acids is 1. The molecule has 0 spiro atoms. The SMILES string of the molecule is Cc1cc(C)nc(SCC(=O)N2CCCCC2c2nc3ccccc3s2)n1. The second kappa shape index (κ2) is 7.94. The van der Waals surface area contributed by atoms with Gasteiger partial charge in [0.2, 0.25) is 5.91 Å². The Morgan fingerprint density at radius 1 is 1.19 bits per heavy atom. The summed E-state index contributed by atoms with van der Waals surface area (Å²) in [6, 6.07) is 10.2. The number of para-hydroxylation sites is 1. The van der Waals surface area contributed by atoms with Gasteiger partial charge in [0, 0.05) is 17.9 Å². The lowest BCUT2D eigenvalue weighted by Crippen LogP contribution is -2.39. The van der Waals surface area contributed by atoms with Gasteiger partial charge in [0.15, 0.2) is 5.16 Å². The van der Waals surface area contributed by atoms with Crippen molar-refractivity contribution in [2.75, 3.05) is 12.3 Å². The molecule has 1 amide bonds. The number of likely N-dealkylation sites (tertiary alicyclic amines) is 1. The van der Waals surface area contributed by atoms with Gasteiger partial charge in [0.25, 0.3) is 0 Å². The smallest absolute Gasteiger partial charge is 0.233 e. The van der Waals surface area contributed by atoms with E-state index in [1.807, 2.05) is 43.0 Å². The normalized spacial score (nSPS) is 17.4. The summed E-state index contributed by atoms with van der Waals surface area (Å²) in [6.07, 6.45) is 3.17. The van der Waals surface area contributed by atoms with E-state index in [2.05, 4.69) is 16.0 Å². The lowest BCUT2D eigenvalue weighted by atomic mass is 10.0. The summed E-state index contributed by atoms with van der Waals surface area (Å²) in [5.74, 6) is 0.510. The molecule has 5 nitrogen and oxygen atoms in total. The number of piperidine rings is 1. The molecule has 1 saturated heterocycles. The highest BCUT2D eigenvalue weighted by atomic mass is 32.2. The van der Waals surface area contributed by atoms with Crippen LogP contribution in [0.2, 0.25) is 0 Å². The Morgan fingerprint density at radius 3 is 2.74 bits per heavy atom. The van der Waals surface area contributed by atoms with Crippen LogP contribution in [0.5, 0.6) is 0 Å². The number of thioether (sulfide) groups is 1. The first-order valence-corrected chi connectivity index (χ1v) is 11.0. The lowest BCUT2D eigenvalue weighted by molar-refractivity contribution is -0.132. The highest BCUT2D eigenvalue weighted by molar-refractivity contribution is 7.99. The first kappa shape index (κ1) is 18.4. The van der Waals surface area contributed by atoms with Crippen LogP contribution in [0.1, 0.15) is 41.7 Å². The fraction of sp³-hybridized carbons (Fsp3) is 0.400. The molecule has 4 rings (SSSR count). The van der Waals surface area contributed by atoms with Crippen LogP contribution in [0.25, 0.3) is 10.2 Å². The summed E-state index contributed by atoms with van der Waals surface area (Å²) in [5.41, 5.74) is 2.89. The Labute approximate surface area is 167 Å².